The average molecular weight is 225 g/mol. The lowest BCUT2D eigenvalue weighted by Gasteiger charge is -2.24. The van der Waals surface area contributed by atoms with Crippen LogP contribution in [-0.2, 0) is 14.3 Å². The number of amides is 1. The minimum atomic E-state index is -0.0432. The predicted octanol–water partition coefficient (Wildman–Crippen LogP) is 0.993. The monoisotopic (exact) mass is 225 g/mol. The molecule has 1 amide bonds. The first-order valence-corrected chi connectivity index (χ1v) is 6.03. The normalized spacial score (nSPS) is 24.4. The summed E-state index contributed by atoms with van der Waals surface area (Å²) in [7, 11) is 0. The molecule has 1 atom stereocenters. The lowest BCUT2D eigenvalue weighted by Crippen LogP contribution is -2.38. The molecule has 0 aromatic heterocycles. The van der Waals surface area contributed by atoms with Gasteiger partial charge in [-0.05, 0) is 26.2 Å². The molecule has 4 nitrogen and oxygen atoms in total. The Balaban J connectivity index is 1.88. The summed E-state index contributed by atoms with van der Waals surface area (Å²) in [4.78, 5) is 24.8. The van der Waals surface area contributed by atoms with E-state index in [9.17, 15) is 9.59 Å². The van der Waals surface area contributed by atoms with Crippen LogP contribution < -0.4 is 0 Å². The minimum absolute atomic E-state index is 0.00176. The van der Waals surface area contributed by atoms with Crippen LogP contribution in [0.25, 0.3) is 0 Å². The molecule has 0 spiro atoms. The van der Waals surface area contributed by atoms with Gasteiger partial charge in [0.15, 0.2) is 0 Å². The quantitative estimate of drug-likeness (QED) is 0.656. The van der Waals surface area contributed by atoms with Crippen molar-refractivity contribution in [1.29, 1.82) is 0 Å². The van der Waals surface area contributed by atoms with Crippen molar-refractivity contribution in [2.24, 2.45) is 5.92 Å². The number of rotatable bonds is 5. The summed E-state index contributed by atoms with van der Waals surface area (Å²) in [6, 6.07) is 0.396. The van der Waals surface area contributed by atoms with Gasteiger partial charge in [0, 0.05) is 25.1 Å². The summed E-state index contributed by atoms with van der Waals surface area (Å²) in [5.41, 5.74) is 0. The molecular weight excluding hydrogens is 206 g/mol. The zero-order valence-electron chi connectivity index (χ0n) is 9.78. The molecule has 0 bridgehead atoms. The number of ether oxygens (including phenoxy) is 1. The van der Waals surface area contributed by atoms with Crippen molar-refractivity contribution in [1.82, 2.24) is 4.90 Å². The third kappa shape index (κ3) is 3.04. The van der Waals surface area contributed by atoms with Crippen molar-refractivity contribution in [3.63, 3.8) is 0 Å². The van der Waals surface area contributed by atoms with Crippen LogP contribution in [0, 0.1) is 5.92 Å². The predicted molar refractivity (Wildman–Crippen MR) is 59.0 cm³/mol. The van der Waals surface area contributed by atoms with Gasteiger partial charge in [0.25, 0.3) is 0 Å². The zero-order valence-corrected chi connectivity index (χ0v) is 9.78. The first kappa shape index (κ1) is 11.6. The van der Waals surface area contributed by atoms with E-state index in [1.54, 1.807) is 0 Å². The van der Waals surface area contributed by atoms with Crippen LogP contribution in [0.15, 0.2) is 0 Å². The van der Waals surface area contributed by atoms with Crippen molar-refractivity contribution < 1.29 is 14.3 Å². The topological polar surface area (TPSA) is 46.6 Å². The summed E-state index contributed by atoms with van der Waals surface area (Å²) < 4.78 is 5.31. The molecule has 2 aliphatic rings. The van der Waals surface area contributed by atoms with Gasteiger partial charge in [0.2, 0.25) is 5.91 Å². The summed E-state index contributed by atoms with van der Waals surface area (Å²) in [6.45, 7) is 3.82. The van der Waals surface area contributed by atoms with Crippen LogP contribution in [0.3, 0.4) is 0 Å². The molecule has 4 heteroatoms. The molecule has 2 fully saturated rings. The fraction of sp³-hybridized carbons (Fsp3) is 0.833. The van der Waals surface area contributed by atoms with Gasteiger partial charge in [0.05, 0.1) is 13.0 Å². The van der Waals surface area contributed by atoms with Gasteiger partial charge in [-0.2, -0.15) is 0 Å². The fourth-order valence-corrected chi connectivity index (χ4v) is 2.16. The van der Waals surface area contributed by atoms with Gasteiger partial charge >= 0.3 is 0 Å². The van der Waals surface area contributed by atoms with Crippen LogP contribution in [0.2, 0.25) is 0 Å². The van der Waals surface area contributed by atoms with E-state index in [-0.39, 0.29) is 18.1 Å². The number of ketones is 1. The molecule has 1 aliphatic carbocycles. The highest BCUT2D eigenvalue weighted by Gasteiger charge is 2.34. The highest BCUT2D eigenvalue weighted by atomic mass is 16.5. The Morgan fingerprint density at radius 2 is 2.06 bits per heavy atom. The van der Waals surface area contributed by atoms with Crippen molar-refractivity contribution in [3.05, 3.63) is 0 Å². The number of nitrogens with zero attached hydrogens (tertiary/aromatic N) is 1. The Morgan fingerprint density at radius 1 is 1.31 bits per heavy atom. The number of Topliss-reactive ketones (excluding diaryl/α,β-unsaturated/α-hetero) is 1. The maximum Gasteiger partial charge on any atom is 0.230 e. The minimum Gasteiger partial charge on any atom is -0.381 e. The van der Waals surface area contributed by atoms with Crippen LogP contribution >= 0.6 is 0 Å². The second-order valence-electron chi connectivity index (χ2n) is 4.89. The number of carbonyl (C=O) groups excluding carboxylic acids is 2. The lowest BCUT2D eigenvalue weighted by atomic mass is 10.1. The molecule has 1 saturated heterocycles. The first-order valence-electron chi connectivity index (χ1n) is 6.03. The van der Waals surface area contributed by atoms with Gasteiger partial charge in [0.1, 0.15) is 5.78 Å². The van der Waals surface area contributed by atoms with E-state index in [1.807, 2.05) is 4.90 Å². The van der Waals surface area contributed by atoms with E-state index in [1.165, 1.54) is 6.92 Å². The molecule has 1 heterocycles. The van der Waals surface area contributed by atoms with E-state index in [2.05, 4.69) is 0 Å². The van der Waals surface area contributed by atoms with Crippen molar-refractivity contribution in [2.45, 2.75) is 38.6 Å². The maximum atomic E-state index is 11.9. The molecule has 1 saturated carbocycles. The Bertz CT molecular complexity index is 280. The van der Waals surface area contributed by atoms with E-state index >= 15 is 0 Å². The van der Waals surface area contributed by atoms with Crippen LogP contribution in [-0.4, -0.2) is 42.4 Å². The van der Waals surface area contributed by atoms with Crippen LogP contribution in [0.4, 0.5) is 0 Å². The highest BCUT2D eigenvalue weighted by molar-refractivity contribution is 5.97. The summed E-state index contributed by atoms with van der Waals surface area (Å²) in [6.07, 6.45) is 3.29. The molecule has 1 aliphatic heterocycles. The van der Waals surface area contributed by atoms with E-state index < -0.39 is 0 Å². The lowest BCUT2D eigenvalue weighted by molar-refractivity contribution is -0.135. The average Bonchev–Trinajstić information content (AvgIpc) is 2.91. The van der Waals surface area contributed by atoms with E-state index in [0.717, 1.165) is 39.0 Å². The molecule has 0 N–H and O–H groups in total. The number of hydrogen-bond acceptors (Lipinski definition) is 3. The standard InChI is InChI=1S/C12H19NO3/c1-9(14)6-12(15)13(11-2-3-11)7-10-4-5-16-8-10/h10-11H,2-8H2,1H3. The molecule has 2 rings (SSSR count). The molecule has 0 aromatic carbocycles. The molecular formula is C12H19NO3. The summed E-state index contributed by atoms with van der Waals surface area (Å²) >= 11 is 0. The van der Waals surface area contributed by atoms with E-state index in [0.29, 0.717) is 12.0 Å². The fourth-order valence-electron chi connectivity index (χ4n) is 2.16. The SMILES string of the molecule is CC(=O)CC(=O)N(CC1CCOC1)C1CC1. The third-order valence-electron chi connectivity index (χ3n) is 3.19. The van der Waals surface area contributed by atoms with Crippen LogP contribution in [0.1, 0.15) is 32.6 Å². The largest absolute Gasteiger partial charge is 0.381 e. The number of hydrogen-bond donors (Lipinski definition) is 0. The Morgan fingerprint density at radius 3 is 2.56 bits per heavy atom. The molecule has 0 aromatic rings. The first-order chi connectivity index (χ1) is 7.66. The highest BCUT2D eigenvalue weighted by Crippen LogP contribution is 2.29. The van der Waals surface area contributed by atoms with Crippen LogP contribution in [0.5, 0.6) is 0 Å². The Labute approximate surface area is 95.9 Å². The molecule has 16 heavy (non-hydrogen) atoms. The van der Waals surface area contributed by atoms with Gasteiger partial charge in [-0.1, -0.05) is 0 Å². The molecule has 0 radical (unpaired) electrons. The molecule has 90 valence electrons. The second kappa shape index (κ2) is 4.95. The van der Waals surface area contributed by atoms with Gasteiger partial charge in [-0.15, -0.1) is 0 Å². The van der Waals surface area contributed by atoms with Gasteiger partial charge < -0.3 is 9.64 Å². The zero-order chi connectivity index (χ0) is 11.5. The maximum absolute atomic E-state index is 11.9. The van der Waals surface area contributed by atoms with Crippen molar-refractivity contribution in [2.75, 3.05) is 19.8 Å². The Hall–Kier alpha value is -0.900. The Kier molecular flexibility index (Phi) is 3.59. The van der Waals surface area contributed by atoms with Gasteiger partial charge in [-0.3, -0.25) is 9.59 Å². The molecule has 1 unspecified atom stereocenters. The smallest absolute Gasteiger partial charge is 0.230 e. The van der Waals surface area contributed by atoms with E-state index in [4.69, 9.17) is 4.74 Å². The van der Waals surface area contributed by atoms with Gasteiger partial charge in [-0.25, -0.2) is 0 Å². The third-order valence-corrected chi connectivity index (χ3v) is 3.19. The van der Waals surface area contributed by atoms with Crippen molar-refractivity contribution in [3.8, 4) is 0 Å². The van der Waals surface area contributed by atoms with Crippen molar-refractivity contribution >= 4 is 11.7 Å². The number of carbonyl (C=O) groups is 2. The second-order valence-corrected chi connectivity index (χ2v) is 4.89. The summed E-state index contributed by atoms with van der Waals surface area (Å²) in [5, 5.41) is 0. The summed E-state index contributed by atoms with van der Waals surface area (Å²) in [5.74, 6) is 0.428.